The minimum atomic E-state index is -0.499. The molecule has 0 radical (unpaired) electrons. The zero-order valence-electron chi connectivity index (χ0n) is 14.7. The van der Waals surface area contributed by atoms with Gasteiger partial charge in [-0.15, -0.1) is 24.0 Å². The lowest BCUT2D eigenvalue weighted by Gasteiger charge is -2.25. The average molecular weight is 445 g/mol. The number of esters is 1. The minimum Gasteiger partial charge on any atom is -0.456 e. The molecule has 1 aromatic carbocycles. The molecule has 2 rings (SSSR count). The molecule has 24 heavy (non-hydrogen) atoms. The van der Waals surface area contributed by atoms with E-state index in [2.05, 4.69) is 10.3 Å². The van der Waals surface area contributed by atoms with Crippen LogP contribution in [0.1, 0.15) is 56.0 Å². The maximum absolute atomic E-state index is 12.1. The van der Waals surface area contributed by atoms with Crippen molar-refractivity contribution >= 4 is 35.9 Å². The predicted molar refractivity (Wildman–Crippen MR) is 108 cm³/mol. The molecule has 1 aliphatic carbocycles. The molecule has 0 aliphatic heterocycles. The highest BCUT2D eigenvalue weighted by molar-refractivity contribution is 14.0. The van der Waals surface area contributed by atoms with Crippen LogP contribution < -0.4 is 11.1 Å². The van der Waals surface area contributed by atoms with Crippen molar-refractivity contribution in [3.8, 4) is 0 Å². The molecule has 1 fully saturated rings. The summed E-state index contributed by atoms with van der Waals surface area (Å²) in [5.74, 6) is 0.873. The van der Waals surface area contributed by atoms with E-state index in [4.69, 9.17) is 10.5 Å². The summed E-state index contributed by atoms with van der Waals surface area (Å²) in [6.07, 6.45) is 3.87. The van der Waals surface area contributed by atoms with Crippen LogP contribution >= 0.6 is 24.0 Å². The number of nitrogens with zero attached hydrogens (tertiary/aromatic N) is 1. The van der Waals surface area contributed by atoms with E-state index in [9.17, 15) is 4.79 Å². The molecule has 0 spiro atoms. The molecular formula is C18H28IN3O2. The van der Waals surface area contributed by atoms with Crippen LogP contribution in [-0.4, -0.2) is 24.1 Å². The smallest absolute Gasteiger partial charge is 0.338 e. The number of rotatable bonds is 5. The summed E-state index contributed by atoms with van der Waals surface area (Å²) < 4.78 is 5.38. The molecule has 6 heteroatoms. The van der Waals surface area contributed by atoms with Gasteiger partial charge >= 0.3 is 5.97 Å². The molecular weight excluding hydrogens is 417 g/mol. The van der Waals surface area contributed by atoms with Crippen molar-refractivity contribution in [1.29, 1.82) is 0 Å². The number of nitrogens with two attached hydrogens (primary N) is 1. The largest absolute Gasteiger partial charge is 0.456 e. The number of benzene rings is 1. The first kappa shape index (κ1) is 20.7. The Morgan fingerprint density at radius 1 is 1.38 bits per heavy atom. The lowest BCUT2D eigenvalue weighted by molar-refractivity contribution is 0.00694. The third kappa shape index (κ3) is 7.07. The first-order chi connectivity index (χ1) is 10.8. The van der Waals surface area contributed by atoms with Gasteiger partial charge < -0.3 is 15.8 Å². The van der Waals surface area contributed by atoms with Crippen LogP contribution in [0.15, 0.2) is 29.3 Å². The van der Waals surface area contributed by atoms with Gasteiger partial charge in [-0.1, -0.05) is 18.6 Å². The van der Waals surface area contributed by atoms with Gasteiger partial charge in [0.05, 0.1) is 12.1 Å². The molecule has 0 saturated heterocycles. The fourth-order valence-electron chi connectivity index (χ4n) is 2.31. The molecule has 0 atom stereocenters. The number of hydrogen-bond acceptors (Lipinski definition) is 3. The topological polar surface area (TPSA) is 76.7 Å². The Balaban J connectivity index is 0.00000288. The molecule has 0 unspecified atom stereocenters. The molecule has 0 bridgehead atoms. The first-order valence-corrected chi connectivity index (χ1v) is 8.19. The third-order valence-electron chi connectivity index (χ3n) is 3.79. The van der Waals surface area contributed by atoms with Crippen LogP contribution in [0, 0.1) is 5.92 Å². The molecule has 3 N–H and O–H groups in total. The second kappa shape index (κ2) is 9.25. The second-order valence-corrected chi connectivity index (χ2v) is 7.08. The fourth-order valence-corrected chi connectivity index (χ4v) is 2.31. The van der Waals surface area contributed by atoms with Gasteiger partial charge in [0.1, 0.15) is 5.60 Å². The van der Waals surface area contributed by atoms with Gasteiger partial charge in [0.15, 0.2) is 5.96 Å². The van der Waals surface area contributed by atoms with Crippen LogP contribution in [0.25, 0.3) is 0 Å². The quantitative estimate of drug-likeness (QED) is 0.315. The number of halogens is 1. The van der Waals surface area contributed by atoms with Crippen molar-refractivity contribution in [2.75, 3.05) is 6.54 Å². The third-order valence-corrected chi connectivity index (χ3v) is 3.79. The normalized spacial score (nSPS) is 15.2. The van der Waals surface area contributed by atoms with Crippen LogP contribution in [-0.2, 0) is 11.3 Å². The lowest BCUT2D eigenvalue weighted by atomic mass is 9.85. The SMILES string of the molecule is CC(C)(C)OC(=O)c1cccc(CN=C(N)NCC2CCC2)c1.I. The summed E-state index contributed by atoms with van der Waals surface area (Å²) in [5, 5.41) is 3.16. The number of carbonyl (C=O) groups excluding carboxylic acids is 1. The Morgan fingerprint density at radius 2 is 2.08 bits per heavy atom. The zero-order valence-corrected chi connectivity index (χ0v) is 17.0. The standard InChI is InChI=1S/C18H27N3O2.HI/c1-18(2,3)23-16(22)15-9-5-8-14(10-15)12-21-17(19)20-11-13-6-4-7-13;/h5,8-10,13H,4,6-7,11-12H2,1-3H3,(H3,19,20,21);1H. The van der Waals surface area contributed by atoms with Gasteiger partial charge in [0.25, 0.3) is 0 Å². The van der Waals surface area contributed by atoms with Crippen LogP contribution in [0.5, 0.6) is 0 Å². The molecule has 0 aromatic heterocycles. The van der Waals surface area contributed by atoms with Crippen molar-refractivity contribution in [2.24, 2.45) is 16.6 Å². The predicted octanol–water partition coefficient (Wildman–Crippen LogP) is 3.46. The van der Waals surface area contributed by atoms with Crippen molar-refractivity contribution in [1.82, 2.24) is 5.32 Å². The van der Waals surface area contributed by atoms with E-state index in [-0.39, 0.29) is 29.9 Å². The summed E-state index contributed by atoms with van der Waals surface area (Å²) in [4.78, 5) is 16.4. The van der Waals surface area contributed by atoms with Gasteiger partial charge in [0, 0.05) is 6.54 Å². The number of carbonyl (C=O) groups is 1. The molecule has 0 heterocycles. The van der Waals surface area contributed by atoms with E-state index >= 15 is 0 Å². The van der Waals surface area contributed by atoms with E-state index in [0.717, 1.165) is 18.0 Å². The van der Waals surface area contributed by atoms with E-state index in [1.807, 2.05) is 32.9 Å². The van der Waals surface area contributed by atoms with E-state index in [1.165, 1.54) is 19.3 Å². The Labute approximate surface area is 161 Å². The summed E-state index contributed by atoms with van der Waals surface area (Å²) >= 11 is 0. The molecule has 1 aliphatic rings. The van der Waals surface area contributed by atoms with Crippen molar-refractivity contribution < 1.29 is 9.53 Å². The lowest BCUT2D eigenvalue weighted by Crippen LogP contribution is -2.37. The number of aliphatic imine (C=N–C) groups is 1. The van der Waals surface area contributed by atoms with Gasteiger partial charge in [0.2, 0.25) is 0 Å². The van der Waals surface area contributed by atoms with E-state index in [1.54, 1.807) is 12.1 Å². The van der Waals surface area contributed by atoms with Crippen molar-refractivity contribution in [2.45, 2.75) is 52.2 Å². The van der Waals surface area contributed by atoms with Crippen molar-refractivity contribution in [3.63, 3.8) is 0 Å². The Morgan fingerprint density at radius 3 is 2.67 bits per heavy atom. The Bertz CT molecular complexity index is 578. The summed E-state index contributed by atoms with van der Waals surface area (Å²) in [5.41, 5.74) is 6.85. The van der Waals surface area contributed by atoms with Gasteiger partial charge in [-0.05, 0) is 57.2 Å². The average Bonchev–Trinajstić information content (AvgIpc) is 2.42. The monoisotopic (exact) mass is 445 g/mol. The van der Waals surface area contributed by atoms with Crippen LogP contribution in [0.3, 0.4) is 0 Å². The second-order valence-electron chi connectivity index (χ2n) is 7.08. The maximum Gasteiger partial charge on any atom is 0.338 e. The number of guanidine groups is 1. The highest BCUT2D eigenvalue weighted by Gasteiger charge is 2.18. The highest BCUT2D eigenvalue weighted by Crippen LogP contribution is 2.25. The van der Waals surface area contributed by atoms with Crippen molar-refractivity contribution in [3.05, 3.63) is 35.4 Å². The maximum atomic E-state index is 12.1. The fraction of sp³-hybridized carbons (Fsp3) is 0.556. The number of nitrogens with one attached hydrogen (secondary N) is 1. The molecule has 1 aromatic rings. The van der Waals surface area contributed by atoms with E-state index < -0.39 is 5.60 Å². The Kier molecular flexibility index (Phi) is 7.99. The van der Waals surface area contributed by atoms with Gasteiger partial charge in [-0.2, -0.15) is 0 Å². The summed E-state index contributed by atoms with van der Waals surface area (Å²) in [6, 6.07) is 7.31. The minimum absolute atomic E-state index is 0. The first-order valence-electron chi connectivity index (χ1n) is 8.19. The summed E-state index contributed by atoms with van der Waals surface area (Å²) in [7, 11) is 0. The van der Waals surface area contributed by atoms with Crippen LogP contribution in [0.4, 0.5) is 0 Å². The van der Waals surface area contributed by atoms with Gasteiger partial charge in [-0.25, -0.2) is 9.79 Å². The highest BCUT2D eigenvalue weighted by atomic mass is 127. The number of ether oxygens (including phenoxy) is 1. The molecule has 134 valence electrons. The Hall–Kier alpha value is -1.31. The summed E-state index contributed by atoms with van der Waals surface area (Å²) in [6.45, 7) is 6.90. The van der Waals surface area contributed by atoms with Gasteiger partial charge in [-0.3, -0.25) is 0 Å². The number of hydrogen-bond donors (Lipinski definition) is 2. The van der Waals surface area contributed by atoms with E-state index in [0.29, 0.717) is 18.1 Å². The van der Waals surface area contributed by atoms with Crippen LogP contribution in [0.2, 0.25) is 0 Å². The molecule has 1 saturated carbocycles. The zero-order chi connectivity index (χ0) is 16.9. The molecule has 0 amide bonds. The molecule has 5 nitrogen and oxygen atoms in total.